The average molecular weight is 257 g/mol. The van der Waals surface area contributed by atoms with E-state index >= 15 is 0 Å². The first-order valence-corrected chi connectivity index (χ1v) is 6.42. The Bertz CT molecular complexity index is 321. The van der Waals surface area contributed by atoms with Crippen LogP contribution in [0.2, 0.25) is 0 Å². The van der Waals surface area contributed by atoms with Crippen molar-refractivity contribution in [3.63, 3.8) is 0 Å². The van der Waals surface area contributed by atoms with Crippen molar-refractivity contribution in [2.45, 2.75) is 52.7 Å². The molecule has 0 aromatic carbocycles. The van der Waals surface area contributed by atoms with Crippen molar-refractivity contribution >= 4 is 12.1 Å². The number of likely N-dealkylation sites (tertiary alicyclic amines) is 1. The zero-order chi connectivity index (χ0) is 13.9. The molecular weight excluding hydrogens is 234 g/mol. The van der Waals surface area contributed by atoms with Crippen LogP contribution >= 0.6 is 0 Å². The van der Waals surface area contributed by atoms with Crippen LogP contribution in [0.25, 0.3) is 0 Å². The maximum absolute atomic E-state index is 12.0. The number of amides is 1. The summed E-state index contributed by atoms with van der Waals surface area (Å²) in [6.45, 7) is 10.0. The topological polar surface area (TPSA) is 55.8 Å². The molecule has 0 aromatic rings. The molecule has 18 heavy (non-hydrogen) atoms. The first kappa shape index (κ1) is 14.8. The molecule has 0 N–H and O–H groups in total. The molecule has 2 atom stereocenters. The Morgan fingerprint density at radius 1 is 1.33 bits per heavy atom. The Kier molecular flexibility index (Phi) is 4.59. The molecular formula is C13H23NO4. The monoisotopic (exact) mass is 257 g/mol. The summed E-state index contributed by atoms with van der Waals surface area (Å²) in [4.78, 5) is 25.4. The Labute approximate surface area is 108 Å². The maximum atomic E-state index is 12.0. The molecule has 0 aliphatic carbocycles. The van der Waals surface area contributed by atoms with E-state index in [-0.39, 0.29) is 11.9 Å². The van der Waals surface area contributed by atoms with Crippen LogP contribution in [0.4, 0.5) is 4.79 Å². The standard InChI is InChI=1S/C13H23NO4/c1-6-17-11(15)10-9(2)7-8-14(10)12(16)18-13(3,4)5/h9-10H,6-8H2,1-5H3/t9-,10+/m1/s1. The van der Waals surface area contributed by atoms with Crippen molar-refractivity contribution in [3.05, 3.63) is 0 Å². The predicted molar refractivity (Wildman–Crippen MR) is 67.1 cm³/mol. The largest absolute Gasteiger partial charge is 0.464 e. The zero-order valence-corrected chi connectivity index (χ0v) is 11.9. The molecule has 0 saturated carbocycles. The van der Waals surface area contributed by atoms with Gasteiger partial charge in [0.2, 0.25) is 0 Å². The molecule has 1 saturated heterocycles. The first-order chi connectivity index (χ1) is 8.26. The molecule has 1 heterocycles. The van der Waals surface area contributed by atoms with Crippen LogP contribution in [-0.2, 0) is 14.3 Å². The highest BCUT2D eigenvalue weighted by atomic mass is 16.6. The van der Waals surface area contributed by atoms with Gasteiger partial charge < -0.3 is 9.47 Å². The molecule has 1 aliphatic heterocycles. The molecule has 0 aromatic heterocycles. The van der Waals surface area contributed by atoms with E-state index < -0.39 is 17.7 Å². The molecule has 1 fully saturated rings. The van der Waals surface area contributed by atoms with Gasteiger partial charge in [-0.1, -0.05) is 6.92 Å². The summed E-state index contributed by atoms with van der Waals surface area (Å²) in [5, 5.41) is 0. The minimum atomic E-state index is -0.553. The Hall–Kier alpha value is -1.26. The fourth-order valence-electron chi connectivity index (χ4n) is 2.06. The SMILES string of the molecule is CCOC(=O)[C@@H]1[C@H](C)CCN1C(=O)OC(C)(C)C. The fraction of sp³-hybridized carbons (Fsp3) is 0.846. The molecule has 1 amide bonds. The maximum Gasteiger partial charge on any atom is 0.411 e. The van der Waals surface area contributed by atoms with Crippen LogP contribution in [0.5, 0.6) is 0 Å². The van der Waals surface area contributed by atoms with Crippen LogP contribution in [0.15, 0.2) is 0 Å². The lowest BCUT2D eigenvalue weighted by Crippen LogP contribution is -2.45. The lowest BCUT2D eigenvalue weighted by atomic mass is 10.0. The van der Waals surface area contributed by atoms with Gasteiger partial charge in [0.25, 0.3) is 0 Å². The fourth-order valence-corrected chi connectivity index (χ4v) is 2.06. The summed E-state index contributed by atoms with van der Waals surface area (Å²) in [6.07, 6.45) is 0.354. The highest BCUT2D eigenvalue weighted by molar-refractivity contribution is 5.82. The van der Waals surface area contributed by atoms with Gasteiger partial charge >= 0.3 is 12.1 Å². The normalized spacial score (nSPS) is 23.9. The molecule has 104 valence electrons. The van der Waals surface area contributed by atoms with Gasteiger partial charge in [-0.05, 0) is 40.0 Å². The van der Waals surface area contributed by atoms with E-state index in [1.54, 1.807) is 6.92 Å². The molecule has 1 aliphatic rings. The molecule has 5 heteroatoms. The van der Waals surface area contributed by atoms with Gasteiger partial charge in [0.1, 0.15) is 11.6 Å². The van der Waals surface area contributed by atoms with Gasteiger partial charge in [-0.2, -0.15) is 0 Å². The van der Waals surface area contributed by atoms with Crippen molar-refractivity contribution < 1.29 is 19.1 Å². The summed E-state index contributed by atoms with van der Waals surface area (Å²) < 4.78 is 10.3. The van der Waals surface area contributed by atoms with Crippen molar-refractivity contribution in [1.82, 2.24) is 4.90 Å². The quantitative estimate of drug-likeness (QED) is 0.712. The third-order valence-corrected chi connectivity index (χ3v) is 2.86. The molecule has 0 unspecified atom stereocenters. The number of carbonyl (C=O) groups is 2. The van der Waals surface area contributed by atoms with Crippen molar-refractivity contribution in [1.29, 1.82) is 0 Å². The van der Waals surface area contributed by atoms with Crippen LogP contribution in [0, 0.1) is 5.92 Å². The van der Waals surface area contributed by atoms with Crippen molar-refractivity contribution in [2.24, 2.45) is 5.92 Å². The van der Waals surface area contributed by atoms with Gasteiger partial charge in [0.15, 0.2) is 0 Å². The number of rotatable bonds is 2. The van der Waals surface area contributed by atoms with E-state index in [9.17, 15) is 9.59 Å². The summed E-state index contributed by atoms with van der Waals surface area (Å²) in [7, 11) is 0. The minimum Gasteiger partial charge on any atom is -0.464 e. The van der Waals surface area contributed by atoms with Gasteiger partial charge in [0, 0.05) is 6.54 Å². The number of esters is 1. The third-order valence-electron chi connectivity index (χ3n) is 2.86. The number of hydrogen-bond donors (Lipinski definition) is 0. The number of ether oxygens (including phenoxy) is 2. The van der Waals surface area contributed by atoms with Crippen LogP contribution in [0.1, 0.15) is 41.0 Å². The zero-order valence-electron chi connectivity index (χ0n) is 11.9. The van der Waals surface area contributed by atoms with E-state index in [0.717, 1.165) is 6.42 Å². The Morgan fingerprint density at radius 2 is 1.94 bits per heavy atom. The number of carbonyl (C=O) groups excluding carboxylic acids is 2. The summed E-state index contributed by atoms with van der Waals surface area (Å²) in [5.74, 6) is -0.232. The molecule has 5 nitrogen and oxygen atoms in total. The van der Waals surface area contributed by atoms with Gasteiger partial charge in [0.05, 0.1) is 6.61 Å². The van der Waals surface area contributed by atoms with E-state index in [1.165, 1.54) is 4.90 Å². The summed E-state index contributed by atoms with van der Waals surface area (Å²) in [6, 6.07) is -0.514. The second-order valence-electron chi connectivity index (χ2n) is 5.64. The number of hydrogen-bond acceptors (Lipinski definition) is 4. The predicted octanol–water partition coefficient (Wildman–Crippen LogP) is 2.20. The summed E-state index contributed by atoms with van der Waals surface area (Å²) in [5.41, 5.74) is -0.553. The van der Waals surface area contributed by atoms with Crippen LogP contribution in [0.3, 0.4) is 0 Å². The number of nitrogens with zero attached hydrogens (tertiary/aromatic N) is 1. The van der Waals surface area contributed by atoms with E-state index in [2.05, 4.69) is 0 Å². The van der Waals surface area contributed by atoms with Gasteiger partial charge in [-0.3, -0.25) is 4.90 Å². The first-order valence-electron chi connectivity index (χ1n) is 6.42. The lowest BCUT2D eigenvalue weighted by Gasteiger charge is -2.28. The minimum absolute atomic E-state index is 0.108. The Balaban J connectivity index is 2.74. The van der Waals surface area contributed by atoms with Crippen molar-refractivity contribution in [2.75, 3.05) is 13.2 Å². The van der Waals surface area contributed by atoms with Gasteiger partial charge in [-0.15, -0.1) is 0 Å². The highest BCUT2D eigenvalue weighted by Crippen LogP contribution is 2.26. The van der Waals surface area contributed by atoms with Crippen LogP contribution in [-0.4, -0.2) is 41.8 Å². The average Bonchev–Trinajstić information content (AvgIpc) is 2.58. The smallest absolute Gasteiger partial charge is 0.411 e. The second-order valence-corrected chi connectivity index (χ2v) is 5.64. The van der Waals surface area contributed by atoms with E-state index in [1.807, 2.05) is 27.7 Å². The summed E-state index contributed by atoms with van der Waals surface area (Å²) >= 11 is 0. The molecule has 0 radical (unpaired) electrons. The van der Waals surface area contributed by atoms with Gasteiger partial charge in [-0.25, -0.2) is 9.59 Å². The molecule has 1 rings (SSSR count). The third kappa shape index (κ3) is 3.62. The highest BCUT2D eigenvalue weighted by Gasteiger charge is 2.42. The van der Waals surface area contributed by atoms with Crippen molar-refractivity contribution in [3.8, 4) is 0 Å². The second kappa shape index (κ2) is 5.59. The van der Waals surface area contributed by atoms with E-state index in [0.29, 0.717) is 13.2 Å². The van der Waals surface area contributed by atoms with E-state index in [4.69, 9.17) is 9.47 Å². The lowest BCUT2D eigenvalue weighted by molar-refractivity contribution is -0.149. The molecule has 0 bridgehead atoms. The van der Waals surface area contributed by atoms with Crippen LogP contribution < -0.4 is 0 Å². The Morgan fingerprint density at radius 3 is 2.44 bits per heavy atom. The molecule has 0 spiro atoms.